The molecule has 0 aromatic carbocycles. The average molecular weight is 134 g/mol. The van der Waals surface area contributed by atoms with Crippen LogP contribution in [0.4, 0.5) is 0 Å². The third kappa shape index (κ3) is 2.50. The zero-order valence-electron chi connectivity index (χ0n) is 4.35. The maximum absolute atomic E-state index is 2.08. The van der Waals surface area contributed by atoms with Gasteiger partial charge in [-0.1, -0.05) is 0 Å². The predicted molar refractivity (Wildman–Crippen MR) is 39.0 cm³/mol. The molecular weight excluding hydrogens is 124 g/mol. The lowest BCUT2D eigenvalue weighted by Crippen LogP contribution is -1.74. The molecule has 42 valence electrons. The number of thioether (sulfide) groups is 2. The summed E-state index contributed by atoms with van der Waals surface area (Å²) < 4.78 is 0. The molecule has 0 nitrogen and oxygen atoms in total. The van der Waals surface area contributed by atoms with Crippen LogP contribution in [0.15, 0.2) is 0 Å². The zero-order chi connectivity index (χ0) is 4.95. The van der Waals surface area contributed by atoms with Crippen molar-refractivity contribution < 1.29 is 0 Å². The third-order valence-electron chi connectivity index (χ3n) is 0.994. The fourth-order valence-corrected chi connectivity index (χ4v) is 2.82. The molecule has 1 saturated heterocycles. The first-order chi connectivity index (χ1) is 3.50. The molecule has 7 heavy (non-hydrogen) atoms. The summed E-state index contributed by atoms with van der Waals surface area (Å²) in [6, 6.07) is 0. The van der Waals surface area contributed by atoms with Gasteiger partial charge in [0.2, 0.25) is 0 Å². The van der Waals surface area contributed by atoms with E-state index in [1.54, 1.807) is 0 Å². The van der Waals surface area contributed by atoms with E-state index in [4.69, 9.17) is 0 Å². The van der Waals surface area contributed by atoms with Crippen molar-refractivity contribution in [2.45, 2.75) is 12.8 Å². The van der Waals surface area contributed by atoms with Gasteiger partial charge in [0, 0.05) is 5.08 Å². The lowest BCUT2D eigenvalue weighted by Gasteiger charge is -1.86. The molecule has 1 rings (SSSR count). The van der Waals surface area contributed by atoms with Crippen molar-refractivity contribution in [1.29, 1.82) is 0 Å². The van der Waals surface area contributed by atoms with Gasteiger partial charge in [0.15, 0.2) is 0 Å². The van der Waals surface area contributed by atoms with Crippen LogP contribution in [0.5, 0.6) is 0 Å². The lowest BCUT2D eigenvalue weighted by molar-refractivity contribution is 0.912. The van der Waals surface area contributed by atoms with Gasteiger partial charge in [0.1, 0.15) is 0 Å². The summed E-state index contributed by atoms with van der Waals surface area (Å²) in [7, 11) is 0. The minimum Gasteiger partial charge on any atom is -0.151 e. The van der Waals surface area contributed by atoms with Gasteiger partial charge in [0.05, 0.1) is 0 Å². The first-order valence-corrected chi connectivity index (χ1v) is 4.96. The van der Waals surface area contributed by atoms with Crippen LogP contribution in [-0.4, -0.2) is 16.6 Å². The Hall–Kier alpha value is 0.700. The summed E-state index contributed by atoms with van der Waals surface area (Å²) in [5.41, 5.74) is 0. The van der Waals surface area contributed by atoms with Gasteiger partial charge >= 0.3 is 0 Å². The first-order valence-electron chi connectivity index (χ1n) is 2.65. The molecule has 0 unspecified atom stereocenters. The lowest BCUT2D eigenvalue weighted by atomic mass is 10.4. The van der Waals surface area contributed by atoms with Crippen LogP contribution in [0, 0.1) is 0 Å². The minimum atomic E-state index is 1.33. The molecule has 0 N–H and O–H groups in total. The average Bonchev–Trinajstić information content (AvgIpc) is 1.90. The molecule has 0 saturated carbocycles. The van der Waals surface area contributed by atoms with E-state index in [1.807, 2.05) is 0 Å². The first kappa shape index (κ1) is 5.83. The van der Waals surface area contributed by atoms with Crippen molar-refractivity contribution in [1.82, 2.24) is 0 Å². The molecule has 1 aliphatic rings. The van der Waals surface area contributed by atoms with Crippen molar-refractivity contribution in [3.05, 3.63) is 0 Å². The highest BCUT2D eigenvalue weighted by molar-refractivity contribution is 8.16. The second-order valence-corrected chi connectivity index (χ2v) is 4.22. The maximum atomic E-state index is 2.08. The van der Waals surface area contributed by atoms with E-state index in [9.17, 15) is 0 Å². The summed E-state index contributed by atoms with van der Waals surface area (Å²) in [6.45, 7) is 0. The maximum Gasteiger partial charge on any atom is 0.0392 e. The highest BCUT2D eigenvalue weighted by atomic mass is 32.2. The Labute approximate surface area is 53.4 Å². The quantitative estimate of drug-likeness (QED) is 0.498. The number of rotatable bonds is 0. The summed E-state index contributed by atoms with van der Waals surface area (Å²) >= 11 is 4.16. The molecule has 0 aromatic rings. The minimum absolute atomic E-state index is 1.33. The molecule has 0 radical (unpaired) electrons. The summed E-state index contributed by atoms with van der Waals surface area (Å²) in [5.74, 6) is 2.79. The molecule has 1 fully saturated rings. The topological polar surface area (TPSA) is 0 Å². The van der Waals surface area contributed by atoms with E-state index in [0.29, 0.717) is 0 Å². The van der Waals surface area contributed by atoms with Crippen molar-refractivity contribution in [2.75, 3.05) is 16.6 Å². The van der Waals surface area contributed by atoms with E-state index < -0.39 is 0 Å². The van der Waals surface area contributed by atoms with E-state index >= 15 is 0 Å². The standard InChI is InChI=1S/C5H10S2/c1-2-4-7-5-6-3-1/h1-5H2. The number of hydrogen-bond acceptors (Lipinski definition) is 2. The van der Waals surface area contributed by atoms with Crippen LogP contribution < -0.4 is 0 Å². The Balaban J connectivity index is 2.04. The smallest absolute Gasteiger partial charge is 0.0392 e. The van der Waals surface area contributed by atoms with Crippen LogP contribution in [-0.2, 0) is 0 Å². The second kappa shape index (κ2) is 3.67. The molecule has 0 spiro atoms. The van der Waals surface area contributed by atoms with Crippen LogP contribution in [0.2, 0.25) is 0 Å². The van der Waals surface area contributed by atoms with Gasteiger partial charge in [-0.15, -0.1) is 0 Å². The molecule has 1 heterocycles. The molecule has 0 bridgehead atoms. The van der Waals surface area contributed by atoms with Crippen LogP contribution in [0.25, 0.3) is 0 Å². The molecule has 2 heteroatoms. The molecule has 0 aromatic heterocycles. The normalized spacial score (nSPS) is 24.0. The summed E-state index contributed by atoms with van der Waals surface area (Å²) in [5, 5.41) is 1.33. The van der Waals surface area contributed by atoms with E-state index in [1.165, 1.54) is 29.4 Å². The van der Waals surface area contributed by atoms with Crippen molar-refractivity contribution in [2.24, 2.45) is 0 Å². The largest absolute Gasteiger partial charge is 0.151 e. The van der Waals surface area contributed by atoms with Gasteiger partial charge in [-0.2, -0.15) is 23.5 Å². The summed E-state index contributed by atoms with van der Waals surface area (Å²) in [4.78, 5) is 0. The van der Waals surface area contributed by atoms with Gasteiger partial charge in [-0.25, -0.2) is 0 Å². The van der Waals surface area contributed by atoms with Crippen LogP contribution in [0.1, 0.15) is 12.8 Å². The predicted octanol–water partition coefficient (Wildman–Crippen LogP) is 2.20. The molecule has 1 aliphatic heterocycles. The fraction of sp³-hybridized carbons (Fsp3) is 1.00. The van der Waals surface area contributed by atoms with E-state index in [-0.39, 0.29) is 0 Å². The third-order valence-corrected chi connectivity index (χ3v) is 3.48. The Kier molecular flexibility index (Phi) is 3.06. The molecule has 0 aliphatic carbocycles. The van der Waals surface area contributed by atoms with Gasteiger partial charge < -0.3 is 0 Å². The highest BCUT2D eigenvalue weighted by Gasteiger charge is 1.95. The van der Waals surface area contributed by atoms with E-state index in [0.717, 1.165) is 0 Å². The summed E-state index contributed by atoms with van der Waals surface area (Å²) in [6.07, 6.45) is 2.88. The van der Waals surface area contributed by atoms with Crippen molar-refractivity contribution in [3.63, 3.8) is 0 Å². The van der Waals surface area contributed by atoms with Gasteiger partial charge in [-0.3, -0.25) is 0 Å². The zero-order valence-corrected chi connectivity index (χ0v) is 5.99. The van der Waals surface area contributed by atoms with Crippen LogP contribution in [0.3, 0.4) is 0 Å². The van der Waals surface area contributed by atoms with Crippen molar-refractivity contribution in [3.8, 4) is 0 Å². The van der Waals surface area contributed by atoms with Gasteiger partial charge in [-0.05, 0) is 24.3 Å². The second-order valence-electron chi connectivity index (χ2n) is 1.64. The molecule has 0 atom stereocenters. The monoisotopic (exact) mass is 134 g/mol. The fourth-order valence-electron chi connectivity index (χ4n) is 0.585. The highest BCUT2D eigenvalue weighted by Crippen LogP contribution is 2.19. The molecular formula is C5H10S2. The van der Waals surface area contributed by atoms with Crippen molar-refractivity contribution >= 4 is 23.5 Å². The SMILES string of the molecule is C1CCSCSC1. The number of hydrogen-bond donors (Lipinski definition) is 0. The van der Waals surface area contributed by atoms with Gasteiger partial charge in [0.25, 0.3) is 0 Å². The Morgan fingerprint density at radius 2 is 1.43 bits per heavy atom. The Morgan fingerprint density at radius 3 is 2.00 bits per heavy atom. The Morgan fingerprint density at radius 1 is 0.857 bits per heavy atom. The van der Waals surface area contributed by atoms with E-state index in [2.05, 4.69) is 23.5 Å². The molecule has 0 amide bonds. The van der Waals surface area contributed by atoms with Crippen LogP contribution >= 0.6 is 23.5 Å². The Bertz CT molecular complexity index is 25.7.